The van der Waals surface area contributed by atoms with Crippen molar-refractivity contribution in [3.8, 4) is 0 Å². The molecule has 0 radical (unpaired) electrons. The van der Waals surface area contributed by atoms with Crippen molar-refractivity contribution in [1.29, 1.82) is 0 Å². The zero-order valence-electron chi connectivity index (χ0n) is 16.8. The average Bonchev–Trinajstić information content (AvgIpc) is 2.73. The molecule has 0 saturated carbocycles. The Morgan fingerprint density at radius 1 is 1.06 bits per heavy atom. The fourth-order valence-corrected chi connectivity index (χ4v) is 3.67. The lowest BCUT2D eigenvalue weighted by molar-refractivity contribution is -0.125. The number of likely N-dealkylation sites (N-methyl/N-ethyl adjacent to an activating group) is 1. The summed E-state index contributed by atoms with van der Waals surface area (Å²) in [6.45, 7) is 4.65. The molecule has 8 nitrogen and oxygen atoms in total. The number of alkyl halides is 3. The number of carbonyl (C=O) groups excluding carboxylic acids is 3. The van der Waals surface area contributed by atoms with Gasteiger partial charge in [0.1, 0.15) is 0 Å². The van der Waals surface area contributed by atoms with Crippen LogP contribution in [0.15, 0.2) is 36.4 Å². The maximum atomic E-state index is 12.7. The number of benzene rings is 2. The largest absolute Gasteiger partial charge is 0.525 e. The molecule has 1 aliphatic heterocycles. The second kappa shape index (κ2) is 8.36. The second-order valence-electron chi connectivity index (χ2n) is 6.65. The summed E-state index contributed by atoms with van der Waals surface area (Å²) in [7, 11) is -6.24. The van der Waals surface area contributed by atoms with E-state index < -0.39 is 32.5 Å². The number of imide groups is 1. The zero-order chi connectivity index (χ0) is 23.8. The van der Waals surface area contributed by atoms with Gasteiger partial charge in [-0.05, 0) is 43.0 Å². The molecule has 1 aliphatic rings. The van der Waals surface area contributed by atoms with Gasteiger partial charge in [-0.2, -0.15) is 21.6 Å². The highest BCUT2D eigenvalue weighted by Gasteiger charge is 2.51. The predicted molar refractivity (Wildman–Crippen MR) is 107 cm³/mol. The minimum Gasteiger partial charge on any atom is -0.340 e. The summed E-state index contributed by atoms with van der Waals surface area (Å²) in [6, 6.07) is 6.85. The Labute approximate surface area is 180 Å². The first-order valence-corrected chi connectivity index (χ1v) is 10.8. The lowest BCUT2D eigenvalue weighted by Crippen LogP contribution is -2.44. The van der Waals surface area contributed by atoms with Gasteiger partial charge in [0.2, 0.25) is 5.91 Å². The van der Waals surface area contributed by atoms with Crippen molar-refractivity contribution < 1.29 is 40.3 Å². The van der Waals surface area contributed by atoms with Gasteiger partial charge >= 0.3 is 15.6 Å². The SMILES string of the molecule is CCN(CC)C(=O)/C=C/c1ccc2c3c(cccc13)C(=O)N(OS(=O)(=O)C(F)(F)F)C2=O. The Kier molecular flexibility index (Phi) is 6.11. The summed E-state index contributed by atoms with van der Waals surface area (Å²) >= 11 is 0. The van der Waals surface area contributed by atoms with Gasteiger partial charge in [-0.3, -0.25) is 14.4 Å². The first-order chi connectivity index (χ1) is 14.9. The Bertz CT molecular complexity index is 1230. The van der Waals surface area contributed by atoms with Gasteiger partial charge in [-0.25, -0.2) is 0 Å². The molecule has 2 aromatic carbocycles. The molecule has 0 saturated heterocycles. The van der Waals surface area contributed by atoms with Crippen LogP contribution in [0.5, 0.6) is 0 Å². The molecule has 32 heavy (non-hydrogen) atoms. The molecule has 3 amide bonds. The summed E-state index contributed by atoms with van der Waals surface area (Å²) in [5.41, 5.74) is -5.80. The van der Waals surface area contributed by atoms with Crippen LogP contribution in [0.2, 0.25) is 0 Å². The fraction of sp³-hybridized carbons (Fsp3) is 0.250. The third kappa shape index (κ3) is 3.98. The van der Waals surface area contributed by atoms with E-state index in [1.807, 2.05) is 13.8 Å². The smallest absolute Gasteiger partial charge is 0.340 e. The van der Waals surface area contributed by atoms with Crippen LogP contribution in [-0.2, 0) is 19.2 Å². The number of nitrogens with zero attached hydrogens (tertiary/aromatic N) is 2. The number of hydrogen-bond acceptors (Lipinski definition) is 6. The highest BCUT2D eigenvalue weighted by molar-refractivity contribution is 7.87. The second-order valence-corrected chi connectivity index (χ2v) is 8.17. The van der Waals surface area contributed by atoms with Crippen LogP contribution < -0.4 is 0 Å². The van der Waals surface area contributed by atoms with Crippen molar-refractivity contribution in [2.24, 2.45) is 0 Å². The van der Waals surface area contributed by atoms with Gasteiger partial charge in [0.15, 0.2) is 0 Å². The van der Waals surface area contributed by atoms with E-state index in [9.17, 15) is 36.0 Å². The molecule has 1 heterocycles. The van der Waals surface area contributed by atoms with Crippen molar-refractivity contribution in [1.82, 2.24) is 9.96 Å². The van der Waals surface area contributed by atoms with Crippen LogP contribution in [-0.4, -0.2) is 54.7 Å². The first kappa shape index (κ1) is 23.4. The molecule has 3 rings (SSSR count). The summed E-state index contributed by atoms with van der Waals surface area (Å²) in [5.74, 6) is -2.97. The number of carbonyl (C=O) groups is 3. The summed E-state index contributed by atoms with van der Waals surface area (Å²) in [6.07, 6.45) is 2.82. The van der Waals surface area contributed by atoms with Crippen LogP contribution in [0.25, 0.3) is 16.8 Å². The van der Waals surface area contributed by atoms with Crippen LogP contribution in [0.1, 0.15) is 40.1 Å². The molecular weight excluding hydrogens is 453 g/mol. The van der Waals surface area contributed by atoms with Gasteiger partial charge < -0.3 is 4.90 Å². The molecule has 2 aromatic rings. The van der Waals surface area contributed by atoms with E-state index in [1.165, 1.54) is 36.4 Å². The van der Waals surface area contributed by atoms with Gasteiger partial charge in [0.25, 0.3) is 11.8 Å². The Hall–Kier alpha value is -3.25. The average molecular weight is 470 g/mol. The van der Waals surface area contributed by atoms with Crippen molar-refractivity contribution in [3.05, 3.63) is 53.1 Å². The topological polar surface area (TPSA) is 101 Å². The minimum atomic E-state index is -6.24. The Balaban J connectivity index is 2.07. The highest BCUT2D eigenvalue weighted by atomic mass is 32.2. The molecule has 0 bridgehead atoms. The van der Waals surface area contributed by atoms with Crippen LogP contribution in [0.3, 0.4) is 0 Å². The van der Waals surface area contributed by atoms with E-state index in [2.05, 4.69) is 4.28 Å². The van der Waals surface area contributed by atoms with Crippen LogP contribution in [0, 0.1) is 0 Å². The van der Waals surface area contributed by atoms with E-state index in [0.29, 0.717) is 24.0 Å². The number of halogens is 3. The van der Waals surface area contributed by atoms with E-state index in [1.54, 1.807) is 11.0 Å². The van der Waals surface area contributed by atoms with E-state index in [-0.39, 0.29) is 22.4 Å². The third-order valence-electron chi connectivity index (χ3n) is 4.84. The number of hydroxylamine groups is 2. The quantitative estimate of drug-likeness (QED) is 0.365. The highest BCUT2D eigenvalue weighted by Crippen LogP contribution is 2.34. The minimum absolute atomic E-state index is 0.115. The Morgan fingerprint density at radius 3 is 2.22 bits per heavy atom. The molecule has 0 spiro atoms. The maximum absolute atomic E-state index is 12.7. The molecule has 0 N–H and O–H groups in total. The van der Waals surface area contributed by atoms with Gasteiger partial charge in [0.05, 0.1) is 11.1 Å². The molecular formula is C20H17F3N2O6S. The van der Waals surface area contributed by atoms with Gasteiger partial charge in [-0.1, -0.05) is 18.2 Å². The van der Waals surface area contributed by atoms with Crippen molar-refractivity contribution in [3.63, 3.8) is 0 Å². The van der Waals surface area contributed by atoms with Crippen LogP contribution >= 0.6 is 0 Å². The van der Waals surface area contributed by atoms with E-state index >= 15 is 0 Å². The third-order valence-corrected chi connectivity index (χ3v) is 5.75. The normalized spacial score (nSPS) is 14.5. The van der Waals surface area contributed by atoms with Gasteiger partial charge in [0, 0.05) is 24.6 Å². The van der Waals surface area contributed by atoms with Crippen LogP contribution in [0.4, 0.5) is 13.2 Å². The maximum Gasteiger partial charge on any atom is 0.525 e. The summed E-state index contributed by atoms with van der Waals surface area (Å²) < 4.78 is 64.5. The Morgan fingerprint density at radius 2 is 1.66 bits per heavy atom. The number of hydrogen-bond donors (Lipinski definition) is 0. The molecule has 0 aliphatic carbocycles. The molecule has 0 atom stereocenters. The fourth-order valence-electron chi connectivity index (χ4n) is 3.25. The summed E-state index contributed by atoms with van der Waals surface area (Å²) in [4.78, 5) is 39.1. The standard InChI is InChI=1S/C20H17F3N2O6S/c1-3-24(4-2)16(26)11-9-12-8-10-15-17-13(12)6-5-7-14(17)18(27)25(19(15)28)31-32(29,30)20(21,22)23/h5-11H,3-4H2,1-2H3/b11-9+. The summed E-state index contributed by atoms with van der Waals surface area (Å²) in [5, 5.41) is 0.0760. The molecule has 0 unspecified atom stereocenters. The van der Waals surface area contributed by atoms with Crippen molar-refractivity contribution in [2.75, 3.05) is 13.1 Å². The number of amides is 3. The zero-order valence-corrected chi connectivity index (χ0v) is 17.7. The van der Waals surface area contributed by atoms with E-state index in [4.69, 9.17) is 0 Å². The first-order valence-electron chi connectivity index (χ1n) is 9.35. The predicted octanol–water partition coefficient (Wildman–Crippen LogP) is 3.10. The number of rotatable bonds is 6. The monoisotopic (exact) mass is 470 g/mol. The van der Waals surface area contributed by atoms with E-state index in [0.717, 1.165) is 0 Å². The van der Waals surface area contributed by atoms with Crippen molar-refractivity contribution >= 4 is 44.7 Å². The molecule has 12 heteroatoms. The van der Waals surface area contributed by atoms with Gasteiger partial charge in [-0.15, -0.1) is 9.35 Å². The molecule has 0 aromatic heterocycles. The lowest BCUT2D eigenvalue weighted by atomic mass is 9.92. The molecule has 0 fully saturated rings. The van der Waals surface area contributed by atoms with Crippen molar-refractivity contribution in [2.45, 2.75) is 19.4 Å². The molecule has 170 valence electrons. The lowest BCUT2D eigenvalue weighted by Gasteiger charge is -2.26.